The van der Waals surface area contributed by atoms with Gasteiger partial charge in [0, 0.05) is 31.9 Å². The fraction of sp³-hybridized carbons (Fsp3) is 0.415. The number of nitrogens with one attached hydrogen (secondary N) is 4. The highest BCUT2D eigenvalue weighted by Gasteiger charge is 2.46. The molecular weight excluding hydrogens is 889 g/mol. The third-order valence-corrected chi connectivity index (χ3v) is 14.4. The van der Waals surface area contributed by atoms with Crippen LogP contribution >= 0.6 is 0 Å². The molecule has 0 bridgehead atoms. The Kier molecular flexibility index (Phi) is 13.3. The van der Waals surface area contributed by atoms with E-state index in [0.717, 1.165) is 57.2 Å². The number of aromatic nitrogens is 4. The number of imidazole rings is 2. The minimum absolute atomic E-state index is 0.153. The zero-order valence-electron chi connectivity index (χ0n) is 40.8. The Bertz CT molecular complexity index is 2920. The van der Waals surface area contributed by atoms with Gasteiger partial charge in [-0.15, -0.1) is 0 Å². The Morgan fingerprint density at radius 1 is 0.700 bits per heavy atom. The first kappa shape index (κ1) is 47.6. The van der Waals surface area contributed by atoms with Crippen LogP contribution in [0, 0.1) is 11.8 Å². The topological polar surface area (TPSA) is 198 Å². The number of alkyl carbamates (subject to hydrolysis) is 2. The lowest BCUT2D eigenvalue weighted by molar-refractivity contribution is -0.138. The molecule has 4 N–H and O–H groups in total. The first-order valence-corrected chi connectivity index (χ1v) is 24.2. The van der Waals surface area contributed by atoms with Gasteiger partial charge >= 0.3 is 18.2 Å². The second kappa shape index (κ2) is 19.5. The highest BCUT2D eigenvalue weighted by molar-refractivity contribution is 5.97. The van der Waals surface area contributed by atoms with Crippen LogP contribution in [0.4, 0.5) is 20.1 Å². The van der Waals surface area contributed by atoms with E-state index in [1.165, 1.54) is 14.2 Å². The summed E-state index contributed by atoms with van der Waals surface area (Å²) in [6.45, 7) is 11.5. The zero-order valence-corrected chi connectivity index (χ0v) is 40.8. The highest BCUT2D eigenvalue weighted by atomic mass is 16.5. The smallest absolute Gasteiger partial charge is 0.407 e. The van der Waals surface area contributed by atoms with E-state index in [4.69, 9.17) is 19.4 Å². The Morgan fingerprint density at radius 3 is 2.01 bits per heavy atom. The first-order chi connectivity index (χ1) is 33.7. The number of hydrogen-bond donors (Lipinski definition) is 4. The number of hydrogen-bond acceptors (Lipinski definition) is 9. The molecular formula is C53H62N10O7. The van der Waals surface area contributed by atoms with E-state index in [9.17, 15) is 24.0 Å². The van der Waals surface area contributed by atoms with Crippen molar-refractivity contribution in [2.75, 3.05) is 45.3 Å². The zero-order chi connectivity index (χ0) is 49.4. The van der Waals surface area contributed by atoms with Crippen LogP contribution in [-0.4, -0.2) is 117 Å². The van der Waals surface area contributed by atoms with Crippen LogP contribution in [0.1, 0.15) is 95.2 Å². The van der Waals surface area contributed by atoms with Crippen LogP contribution in [-0.2, 0) is 24.6 Å². The van der Waals surface area contributed by atoms with Crippen molar-refractivity contribution in [1.29, 1.82) is 0 Å². The number of ether oxygens (including phenoxy) is 2. The predicted molar refractivity (Wildman–Crippen MR) is 266 cm³/mol. The van der Waals surface area contributed by atoms with Crippen molar-refractivity contribution in [3.8, 4) is 11.1 Å². The number of amides is 6. The lowest BCUT2D eigenvalue weighted by atomic mass is 9.94. The summed E-state index contributed by atoms with van der Waals surface area (Å²) in [4.78, 5) is 91.6. The number of anilines is 1. The van der Waals surface area contributed by atoms with Gasteiger partial charge in [-0.3, -0.25) is 14.5 Å². The number of H-pyrrole nitrogens is 2. The van der Waals surface area contributed by atoms with E-state index in [2.05, 4.69) is 63.1 Å². The maximum Gasteiger partial charge on any atom is 0.407 e. The normalized spacial score (nSPS) is 19.6. The molecule has 17 heteroatoms. The van der Waals surface area contributed by atoms with Crippen molar-refractivity contribution in [2.24, 2.45) is 11.8 Å². The molecule has 3 saturated heterocycles. The summed E-state index contributed by atoms with van der Waals surface area (Å²) < 4.78 is 9.66. The van der Waals surface area contributed by atoms with Gasteiger partial charge in [-0.05, 0) is 97.0 Å². The van der Waals surface area contributed by atoms with Gasteiger partial charge in [-0.25, -0.2) is 24.4 Å². The summed E-state index contributed by atoms with van der Waals surface area (Å²) in [7, 11) is 2.56. The maximum atomic E-state index is 14.9. The minimum atomic E-state index is -0.770. The fourth-order valence-corrected chi connectivity index (χ4v) is 10.5. The number of carbonyl (C=O) groups excluding carboxylic acids is 5. The van der Waals surface area contributed by atoms with Crippen molar-refractivity contribution < 1.29 is 33.4 Å². The Labute approximate surface area is 407 Å². The van der Waals surface area contributed by atoms with Crippen LogP contribution in [0.5, 0.6) is 0 Å². The molecule has 9 rings (SSSR count). The summed E-state index contributed by atoms with van der Waals surface area (Å²) in [6, 6.07) is 27.9. The molecule has 4 aromatic carbocycles. The van der Waals surface area contributed by atoms with Crippen molar-refractivity contribution in [3.63, 3.8) is 0 Å². The molecule has 0 spiro atoms. The number of rotatable bonds is 13. The molecule has 5 atom stereocenters. The molecule has 3 fully saturated rings. The molecule has 3 aliphatic rings. The summed E-state index contributed by atoms with van der Waals surface area (Å²) in [6.07, 6.45) is 1.65. The third-order valence-electron chi connectivity index (χ3n) is 14.4. The summed E-state index contributed by atoms with van der Waals surface area (Å²) in [5.74, 6) is 0.600. The maximum absolute atomic E-state index is 14.9. The molecule has 0 radical (unpaired) electrons. The van der Waals surface area contributed by atoms with Crippen molar-refractivity contribution >= 4 is 57.8 Å². The van der Waals surface area contributed by atoms with Gasteiger partial charge in [0.15, 0.2) is 0 Å². The lowest BCUT2D eigenvalue weighted by Crippen LogP contribution is -2.55. The van der Waals surface area contributed by atoms with Gasteiger partial charge in [0.2, 0.25) is 11.8 Å². The van der Waals surface area contributed by atoms with Crippen LogP contribution in [0.15, 0.2) is 91.0 Å². The molecule has 6 aromatic rings. The standard InChI is InChI=1S/C53H62N10O7/c1-31(2)43(58-50(66)69-6)47(64)61-25-11-15-42(61)46-54-38-23-21-37(30-41(38)55-46)60-27-28-62(52(60)68)45(35-18-16-34(17-19-35)33-13-9-8-10-14-33)36-20-22-39-40(29-36)57-49(56-39)53(5)24-12-26-63(53)48(65)44(32(3)4)59-51(67)70-7/h8-10,13-14,16-23,29-32,42-45H,11-12,15,24-28H2,1-7H3,(H,54,55)(H,56,57)(H,58,66)(H,59,67)/t42-,43-,44-,45?,53+/m0/s1. The Hall–Kier alpha value is -7.43. The van der Waals surface area contributed by atoms with E-state index >= 15 is 0 Å². The van der Waals surface area contributed by atoms with E-state index in [1.54, 1.807) is 9.80 Å². The van der Waals surface area contributed by atoms with Crippen LogP contribution in [0.25, 0.3) is 33.2 Å². The summed E-state index contributed by atoms with van der Waals surface area (Å²) >= 11 is 0. The van der Waals surface area contributed by atoms with Gasteiger partial charge in [-0.2, -0.15) is 0 Å². The number of benzene rings is 4. The van der Waals surface area contributed by atoms with Crippen LogP contribution in [0.3, 0.4) is 0 Å². The Morgan fingerprint density at radius 2 is 1.33 bits per heavy atom. The van der Waals surface area contributed by atoms with Crippen LogP contribution < -0.4 is 15.5 Å². The molecule has 70 heavy (non-hydrogen) atoms. The number of fused-ring (bicyclic) bond motifs is 2. The van der Waals surface area contributed by atoms with E-state index in [0.29, 0.717) is 56.4 Å². The minimum Gasteiger partial charge on any atom is -0.453 e. The molecule has 366 valence electrons. The van der Waals surface area contributed by atoms with Crippen molar-refractivity contribution in [3.05, 3.63) is 114 Å². The molecule has 0 aliphatic carbocycles. The number of likely N-dealkylation sites (tertiary alicyclic amines) is 2. The second-order valence-corrected chi connectivity index (χ2v) is 19.5. The molecule has 6 amide bonds. The SMILES string of the molecule is COC(=O)N[C@H](C(=O)N1CCC[C@H]1c1nc2ccc(N3CCN(C(c4ccc(-c5ccccc5)cc4)c4ccc5nc([C@@]6(C)CCCN6C(=O)[C@@H](NC(=O)OC)C(C)C)[nH]c5c4)C3=O)cc2[nH]1)C(C)C. The largest absolute Gasteiger partial charge is 0.453 e. The van der Waals surface area contributed by atoms with Crippen molar-refractivity contribution in [2.45, 2.75) is 90.0 Å². The van der Waals surface area contributed by atoms with E-state index in [-0.39, 0.29) is 35.7 Å². The number of carbonyl (C=O) groups is 5. The van der Waals surface area contributed by atoms with Gasteiger partial charge in [0.1, 0.15) is 23.7 Å². The quantitative estimate of drug-likeness (QED) is 0.0878. The average Bonchev–Trinajstić information content (AvgIpc) is 4.23. The molecule has 3 aliphatic heterocycles. The third kappa shape index (κ3) is 9.00. The van der Waals surface area contributed by atoms with Crippen LogP contribution in [0.2, 0.25) is 0 Å². The van der Waals surface area contributed by atoms with Gasteiger partial charge in [0.05, 0.1) is 53.9 Å². The molecule has 17 nitrogen and oxygen atoms in total. The molecule has 1 unspecified atom stereocenters. The molecule has 5 heterocycles. The number of methoxy groups -OCH3 is 2. The number of urea groups is 1. The van der Waals surface area contributed by atoms with E-state index < -0.39 is 35.9 Å². The predicted octanol–water partition coefficient (Wildman–Crippen LogP) is 8.40. The van der Waals surface area contributed by atoms with Gasteiger partial charge < -0.3 is 44.8 Å². The second-order valence-electron chi connectivity index (χ2n) is 19.5. The molecule has 2 aromatic heterocycles. The molecule has 0 saturated carbocycles. The highest BCUT2D eigenvalue weighted by Crippen LogP contribution is 2.41. The first-order valence-electron chi connectivity index (χ1n) is 24.2. The van der Waals surface area contributed by atoms with Gasteiger partial charge in [-0.1, -0.05) is 88.4 Å². The van der Waals surface area contributed by atoms with E-state index in [1.807, 2.05) is 92.9 Å². The number of nitrogens with zero attached hydrogens (tertiary/aromatic N) is 6. The van der Waals surface area contributed by atoms with Crippen molar-refractivity contribution in [1.82, 2.24) is 45.3 Å². The summed E-state index contributed by atoms with van der Waals surface area (Å²) in [5.41, 5.74) is 6.91. The monoisotopic (exact) mass is 950 g/mol. The lowest BCUT2D eigenvalue weighted by Gasteiger charge is -2.37. The number of aromatic amines is 2. The average molecular weight is 951 g/mol. The summed E-state index contributed by atoms with van der Waals surface area (Å²) in [5, 5.41) is 5.45. The van der Waals surface area contributed by atoms with Gasteiger partial charge in [0.25, 0.3) is 0 Å². The Balaban J connectivity index is 1.01. The fourth-order valence-electron chi connectivity index (χ4n) is 10.5.